The van der Waals surface area contributed by atoms with Crippen molar-refractivity contribution < 1.29 is 27.9 Å². The maximum Gasteiger partial charge on any atom is 0.490 e. The number of hydrogen-bond donors (Lipinski definition) is 1. The van der Waals surface area contributed by atoms with E-state index in [0.717, 1.165) is 6.29 Å². The van der Waals surface area contributed by atoms with Crippen molar-refractivity contribution in [2.45, 2.75) is 19.1 Å². The molecule has 0 aliphatic rings. The first kappa shape index (κ1) is 15.4. The van der Waals surface area contributed by atoms with Crippen LogP contribution in [-0.2, 0) is 9.59 Å². The summed E-state index contributed by atoms with van der Waals surface area (Å²) in [5.41, 5.74) is 0. The topological polar surface area (TPSA) is 57.6 Å². The molecule has 14 heavy (non-hydrogen) atoms. The zero-order chi connectivity index (χ0) is 11.9. The van der Waals surface area contributed by atoms with Crippen LogP contribution in [0, 0.1) is 0 Å². The Morgan fingerprint density at radius 2 is 1.71 bits per heavy atom. The lowest BCUT2D eigenvalue weighted by Crippen LogP contribution is -2.25. The number of carbonyl (C=O) groups excluding carboxylic acids is 1. The van der Waals surface area contributed by atoms with Gasteiger partial charge in [-0.1, -0.05) is 0 Å². The molecule has 0 bridgehead atoms. The van der Waals surface area contributed by atoms with Crippen molar-refractivity contribution in [1.29, 1.82) is 0 Å². The summed E-state index contributed by atoms with van der Waals surface area (Å²) in [7, 11) is 3.75. The Morgan fingerprint density at radius 3 is 1.71 bits per heavy atom. The fourth-order valence-electron chi connectivity index (χ4n) is 0.122. The van der Waals surface area contributed by atoms with Gasteiger partial charge in [0.2, 0.25) is 0 Å². The fraction of sp³-hybridized carbons (Fsp3) is 0.714. The first-order chi connectivity index (χ1) is 6.12. The number of carbonyl (C=O) groups is 2. The van der Waals surface area contributed by atoms with Gasteiger partial charge in [0.25, 0.3) is 0 Å². The minimum Gasteiger partial charge on any atom is -0.475 e. The molecule has 1 atom stereocenters. The Labute approximate surface area is 79.3 Å². The molecule has 1 N–H and O–H groups in total. The van der Waals surface area contributed by atoms with Crippen LogP contribution in [0.25, 0.3) is 0 Å². The van der Waals surface area contributed by atoms with Crippen molar-refractivity contribution in [1.82, 2.24) is 4.90 Å². The molecule has 0 aromatic heterocycles. The van der Waals surface area contributed by atoms with Gasteiger partial charge in [-0.05, 0) is 21.0 Å². The molecule has 84 valence electrons. The number of nitrogens with zero attached hydrogens (tertiary/aromatic N) is 1. The summed E-state index contributed by atoms with van der Waals surface area (Å²) >= 11 is 0. The van der Waals surface area contributed by atoms with E-state index in [1.165, 1.54) is 0 Å². The fourth-order valence-corrected chi connectivity index (χ4v) is 0.122. The zero-order valence-electron chi connectivity index (χ0n) is 8.00. The van der Waals surface area contributed by atoms with Gasteiger partial charge in [-0.25, -0.2) is 4.79 Å². The normalized spacial score (nSPS) is 12.8. The highest BCUT2D eigenvalue weighted by molar-refractivity contribution is 5.73. The molecule has 0 aliphatic heterocycles. The Bertz CT molecular complexity index is 191. The van der Waals surface area contributed by atoms with Crippen molar-refractivity contribution >= 4 is 12.3 Å². The predicted octanol–water partition coefficient (Wildman–Crippen LogP) is 0.769. The lowest BCUT2D eigenvalue weighted by atomic mass is 10.4. The SMILES string of the molecule is CC(C=O)N(C)C.O=C(O)C(F)(F)F. The summed E-state index contributed by atoms with van der Waals surface area (Å²) in [5, 5.41) is 7.12. The molecule has 0 heterocycles. The molecule has 4 nitrogen and oxygen atoms in total. The zero-order valence-corrected chi connectivity index (χ0v) is 8.00. The number of halogens is 3. The van der Waals surface area contributed by atoms with Crippen LogP contribution in [0.5, 0.6) is 0 Å². The molecule has 0 rings (SSSR count). The maximum absolute atomic E-state index is 10.6. The third kappa shape index (κ3) is 8.98. The van der Waals surface area contributed by atoms with E-state index >= 15 is 0 Å². The van der Waals surface area contributed by atoms with Crippen LogP contribution < -0.4 is 0 Å². The number of likely N-dealkylation sites (N-methyl/N-ethyl adjacent to an activating group) is 1. The second-order valence-corrected chi connectivity index (χ2v) is 2.64. The van der Waals surface area contributed by atoms with Gasteiger partial charge in [0.15, 0.2) is 0 Å². The quantitative estimate of drug-likeness (QED) is 0.691. The Hall–Kier alpha value is -1.11. The third-order valence-electron chi connectivity index (χ3n) is 1.25. The van der Waals surface area contributed by atoms with Crippen molar-refractivity contribution in [3.63, 3.8) is 0 Å². The minimum absolute atomic E-state index is 0.0556. The van der Waals surface area contributed by atoms with Gasteiger partial charge < -0.3 is 14.8 Å². The third-order valence-corrected chi connectivity index (χ3v) is 1.25. The minimum atomic E-state index is -5.08. The van der Waals surface area contributed by atoms with Gasteiger partial charge in [-0.3, -0.25) is 0 Å². The second kappa shape index (κ2) is 6.36. The molecule has 0 aromatic carbocycles. The van der Waals surface area contributed by atoms with Crippen LogP contribution in [0.4, 0.5) is 13.2 Å². The van der Waals surface area contributed by atoms with E-state index in [4.69, 9.17) is 9.90 Å². The standard InChI is InChI=1S/C5H11NO.C2HF3O2/c1-5(4-7)6(2)3;3-2(4,5)1(6)7/h4-5H,1-3H3;(H,6,7). The summed E-state index contributed by atoms with van der Waals surface area (Å²) in [6.07, 6.45) is -4.17. The summed E-state index contributed by atoms with van der Waals surface area (Å²) in [4.78, 5) is 20.7. The number of aliphatic carboxylic acids is 1. The maximum atomic E-state index is 10.6. The van der Waals surface area contributed by atoms with Crippen LogP contribution in [0.1, 0.15) is 6.92 Å². The Morgan fingerprint density at radius 1 is 1.43 bits per heavy atom. The van der Waals surface area contributed by atoms with Crippen molar-refractivity contribution in [3.05, 3.63) is 0 Å². The Kier molecular flexibility index (Phi) is 6.98. The van der Waals surface area contributed by atoms with Crippen LogP contribution in [0.2, 0.25) is 0 Å². The van der Waals surface area contributed by atoms with Gasteiger partial charge in [-0.2, -0.15) is 13.2 Å². The highest BCUT2D eigenvalue weighted by Gasteiger charge is 2.38. The summed E-state index contributed by atoms with van der Waals surface area (Å²) in [6, 6.07) is 0.0556. The van der Waals surface area contributed by atoms with E-state index in [1.807, 2.05) is 25.9 Å². The van der Waals surface area contributed by atoms with Crippen LogP contribution in [0.15, 0.2) is 0 Å². The molecule has 0 saturated carbocycles. The summed E-state index contributed by atoms with van der Waals surface area (Å²) in [6.45, 7) is 1.85. The van der Waals surface area contributed by atoms with Crippen molar-refractivity contribution in [3.8, 4) is 0 Å². The van der Waals surface area contributed by atoms with Gasteiger partial charge in [-0.15, -0.1) is 0 Å². The highest BCUT2D eigenvalue weighted by Crippen LogP contribution is 2.13. The molecule has 0 radical (unpaired) electrons. The molecule has 0 aromatic rings. The number of aldehydes is 1. The molecular weight excluding hydrogens is 203 g/mol. The van der Waals surface area contributed by atoms with Gasteiger partial charge in [0.05, 0.1) is 6.04 Å². The average Bonchev–Trinajstić information content (AvgIpc) is 2.02. The van der Waals surface area contributed by atoms with E-state index in [2.05, 4.69) is 0 Å². The molecule has 0 amide bonds. The summed E-state index contributed by atoms with van der Waals surface area (Å²) in [5.74, 6) is -2.76. The van der Waals surface area contributed by atoms with Gasteiger partial charge >= 0.3 is 12.1 Å². The molecule has 0 fully saturated rings. The van der Waals surface area contributed by atoms with E-state index in [1.54, 1.807) is 0 Å². The van der Waals surface area contributed by atoms with E-state index in [-0.39, 0.29) is 6.04 Å². The Balaban J connectivity index is 0. The van der Waals surface area contributed by atoms with Crippen molar-refractivity contribution in [2.24, 2.45) is 0 Å². The van der Waals surface area contributed by atoms with E-state index < -0.39 is 12.1 Å². The highest BCUT2D eigenvalue weighted by atomic mass is 19.4. The molecule has 0 saturated heterocycles. The van der Waals surface area contributed by atoms with Crippen LogP contribution >= 0.6 is 0 Å². The number of hydrogen-bond acceptors (Lipinski definition) is 3. The van der Waals surface area contributed by atoms with Crippen molar-refractivity contribution in [2.75, 3.05) is 14.1 Å². The molecule has 0 aliphatic carbocycles. The number of alkyl halides is 3. The average molecular weight is 215 g/mol. The first-order valence-corrected chi connectivity index (χ1v) is 3.54. The summed E-state index contributed by atoms with van der Waals surface area (Å²) < 4.78 is 31.7. The first-order valence-electron chi connectivity index (χ1n) is 3.54. The van der Waals surface area contributed by atoms with Gasteiger partial charge in [0.1, 0.15) is 6.29 Å². The largest absolute Gasteiger partial charge is 0.490 e. The predicted molar refractivity (Wildman–Crippen MR) is 42.9 cm³/mol. The lowest BCUT2D eigenvalue weighted by Gasteiger charge is -2.11. The van der Waals surface area contributed by atoms with E-state index in [9.17, 15) is 18.0 Å². The second-order valence-electron chi connectivity index (χ2n) is 2.64. The smallest absolute Gasteiger partial charge is 0.475 e. The van der Waals surface area contributed by atoms with Crippen LogP contribution in [-0.4, -0.2) is 48.6 Å². The molecular formula is C7H12F3NO3. The van der Waals surface area contributed by atoms with E-state index in [0.29, 0.717) is 0 Å². The molecule has 1 unspecified atom stereocenters. The number of carboxylic acid groups (broad SMARTS) is 1. The molecule has 0 spiro atoms. The van der Waals surface area contributed by atoms with Gasteiger partial charge in [0, 0.05) is 0 Å². The lowest BCUT2D eigenvalue weighted by molar-refractivity contribution is -0.192. The molecule has 7 heteroatoms. The monoisotopic (exact) mass is 215 g/mol. The number of rotatable bonds is 2. The van der Waals surface area contributed by atoms with Crippen LogP contribution in [0.3, 0.4) is 0 Å². The number of carboxylic acids is 1.